The van der Waals surface area contributed by atoms with E-state index >= 15 is 0 Å². The standard InChI is InChI=1S/C8H11N3O5/c9-2-6(12)7(13)4-1-5(11(15)16)8(14)10-3-4/h1,3,6-7,12-13H,2,9H2,(H,10,14). The fourth-order valence-electron chi connectivity index (χ4n) is 1.15. The van der Waals surface area contributed by atoms with Crippen molar-refractivity contribution in [3.63, 3.8) is 0 Å². The van der Waals surface area contributed by atoms with Crippen LogP contribution < -0.4 is 11.3 Å². The number of aromatic nitrogens is 1. The average Bonchev–Trinajstić information content (AvgIpc) is 2.27. The van der Waals surface area contributed by atoms with Crippen molar-refractivity contribution < 1.29 is 15.1 Å². The Kier molecular flexibility index (Phi) is 3.72. The molecule has 2 atom stereocenters. The van der Waals surface area contributed by atoms with Crippen LogP contribution in [0.4, 0.5) is 5.69 Å². The Morgan fingerprint density at radius 2 is 2.19 bits per heavy atom. The first-order valence-corrected chi connectivity index (χ1v) is 4.40. The summed E-state index contributed by atoms with van der Waals surface area (Å²) in [5.41, 5.74) is 3.59. The number of hydrogen-bond acceptors (Lipinski definition) is 6. The van der Waals surface area contributed by atoms with E-state index in [0.717, 1.165) is 12.3 Å². The van der Waals surface area contributed by atoms with Gasteiger partial charge in [0.2, 0.25) is 0 Å². The van der Waals surface area contributed by atoms with Gasteiger partial charge in [0.1, 0.15) is 6.10 Å². The molecule has 5 N–H and O–H groups in total. The molecule has 88 valence electrons. The molecule has 0 radical (unpaired) electrons. The van der Waals surface area contributed by atoms with E-state index in [1.54, 1.807) is 0 Å². The van der Waals surface area contributed by atoms with Crippen LogP contribution >= 0.6 is 0 Å². The summed E-state index contributed by atoms with van der Waals surface area (Å²) < 4.78 is 0. The lowest BCUT2D eigenvalue weighted by Gasteiger charge is -2.15. The van der Waals surface area contributed by atoms with Gasteiger partial charge in [-0.2, -0.15) is 0 Å². The molecule has 8 nitrogen and oxygen atoms in total. The monoisotopic (exact) mass is 229 g/mol. The van der Waals surface area contributed by atoms with E-state index in [-0.39, 0.29) is 12.1 Å². The topological polar surface area (TPSA) is 142 Å². The lowest BCUT2D eigenvalue weighted by Crippen LogP contribution is -2.27. The van der Waals surface area contributed by atoms with Crippen molar-refractivity contribution in [3.8, 4) is 0 Å². The Balaban J connectivity index is 3.12. The van der Waals surface area contributed by atoms with E-state index in [9.17, 15) is 25.1 Å². The summed E-state index contributed by atoms with van der Waals surface area (Å²) in [6, 6.07) is 0.905. The number of rotatable bonds is 4. The molecule has 0 bridgehead atoms. The second-order valence-corrected chi connectivity index (χ2v) is 3.15. The zero-order chi connectivity index (χ0) is 12.3. The summed E-state index contributed by atoms with van der Waals surface area (Å²) in [5.74, 6) is 0. The third kappa shape index (κ3) is 2.42. The lowest BCUT2D eigenvalue weighted by atomic mass is 10.1. The molecule has 0 saturated heterocycles. The summed E-state index contributed by atoms with van der Waals surface area (Å²) in [6.07, 6.45) is -1.52. The van der Waals surface area contributed by atoms with Gasteiger partial charge in [-0.3, -0.25) is 14.9 Å². The van der Waals surface area contributed by atoms with Crippen LogP contribution in [0.1, 0.15) is 11.7 Å². The summed E-state index contributed by atoms with van der Waals surface area (Å²) in [7, 11) is 0. The van der Waals surface area contributed by atoms with Gasteiger partial charge in [0.25, 0.3) is 0 Å². The van der Waals surface area contributed by atoms with E-state index in [0.29, 0.717) is 0 Å². The first-order valence-electron chi connectivity index (χ1n) is 4.40. The van der Waals surface area contributed by atoms with Crippen molar-refractivity contribution in [3.05, 3.63) is 38.3 Å². The van der Waals surface area contributed by atoms with E-state index in [4.69, 9.17) is 5.73 Å². The number of aliphatic hydroxyl groups is 2. The van der Waals surface area contributed by atoms with Crippen LogP contribution in [0.5, 0.6) is 0 Å². The number of aromatic amines is 1. The van der Waals surface area contributed by atoms with Crippen molar-refractivity contribution in [2.24, 2.45) is 5.73 Å². The SMILES string of the molecule is NCC(O)C(O)c1c[nH]c(=O)c([N+](=O)[O-])c1. The van der Waals surface area contributed by atoms with Gasteiger partial charge in [0.05, 0.1) is 11.0 Å². The minimum Gasteiger partial charge on any atom is -0.389 e. The maximum Gasteiger partial charge on any atom is 0.334 e. The molecule has 0 aromatic carbocycles. The average molecular weight is 229 g/mol. The first kappa shape index (κ1) is 12.3. The fraction of sp³-hybridized carbons (Fsp3) is 0.375. The fourth-order valence-corrected chi connectivity index (χ4v) is 1.15. The molecule has 0 aliphatic rings. The molecule has 16 heavy (non-hydrogen) atoms. The zero-order valence-corrected chi connectivity index (χ0v) is 8.16. The number of nitro groups is 1. The lowest BCUT2D eigenvalue weighted by molar-refractivity contribution is -0.386. The molecule has 2 unspecified atom stereocenters. The summed E-state index contributed by atoms with van der Waals surface area (Å²) >= 11 is 0. The van der Waals surface area contributed by atoms with E-state index in [1.807, 2.05) is 0 Å². The molecule has 0 aliphatic carbocycles. The Hall–Kier alpha value is -1.77. The molecule has 1 aromatic heterocycles. The van der Waals surface area contributed by atoms with Crippen LogP contribution in [0.15, 0.2) is 17.1 Å². The summed E-state index contributed by atoms with van der Waals surface area (Å²) in [6.45, 7) is -0.200. The van der Waals surface area contributed by atoms with Crippen LogP contribution in [0, 0.1) is 10.1 Å². The zero-order valence-electron chi connectivity index (χ0n) is 8.16. The molecule has 0 fully saturated rings. The number of nitrogens with two attached hydrogens (primary N) is 1. The highest BCUT2D eigenvalue weighted by Crippen LogP contribution is 2.17. The number of nitrogens with zero attached hydrogens (tertiary/aromatic N) is 1. The quantitative estimate of drug-likeness (QED) is 0.370. The van der Waals surface area contributed by atoms with Crippen LogP contribution in [-0.2, 0) is 0 Å². The minimum absolute atomic E-state index is 0.0317. The molecular formula is C8H11N3O5. The van der Waals surface area contributed by atoms with Crippen LogP contribution in [-0.4, -0.2) is 32.8 Å². The highest BCUT2D eigenvalue weighted by molar-refractivity contribution is 5.31. The third-order valence-electron chi connectivity index (χ3n) is 2.05. The molecule has 1 heterocycles. The van der Waals surface area contributed by atoms with Gasteiger partial charge in [0, 0.05) is 24.4 Å². The van der Waals surface area contributed by atoms with Gasteiger partial charge in [-0.1, -0.05) is 0 Å². The van der Waals surface area contributed by atoms with E-state index in [2.05, 4.69) is 4.98 Å². The number of nitrogens with one attached hydrogen (secondary N) is 1. The predicted octanol–water partition coefficient (Wildman–Crippen LogP) is -1.36. The largest absolute Gasteiger partial charge is 0.389 e. The number of pyridine rings is 1. The van der Waals surface area contributed by atoms with E-state index < -0.39 is 28.4 Å². The smallest absolute Gasteiger partial charge is 0.334 e. The van der Waals surface area contributed by atoms with Crippen LogP contribution in [0.3, 0.4) is 0 Å². The minimum atomic E-state index is -1.37. The van der Waals surface area contributed by atoms with Crippen molar-refractivity contribution in [1.29, 1.82) is 0 Å². The molecule has 8 heteroatoms. The van der Waals surface area contributed by atoms with Crippen LogP contribution in [0.2, 0.25) is 0 Å². The summed E-state index contributed by atoms with van der Waals surface area (Å²) in [5, 5.41) is 29.2. The van der Waals surface area contributed by atoms with Crippen molar-refractivity contribution in [2.75, 3.05) is 6.54 Å². The molecular weight excluding hydrogens is 218 g/mol. The number of hydrogen-bond donors (Lipinski definition) is 4. The second kappa shape index (κ2) is 4.84. The first-order chi connectivity index (χ1) is 7.47. The van der Waals surface area contributed by atoms with Gasteiger partial charge in [0.15, 0.2) is 0 Å². The Labute approximate surface area is 89.5 Å². The highest BCUT2D eigenvalue weighted by Gasteiger charge is 2.21. The van der Waals surface area contributed by atoms with Crippen LogP contribution in [0.25, 0.3) is 0 Å². The second-order valence-electron chi connectivity index (χ2n) is 3.15. The highest BCUT2D eigenvalue weighted by atomic mass is 16.6. The maximum absolute atomic E-state index is 11.0. The summed E-state index contributed by atoms with van der Waals surface area (Å²) in [4.78, 5) is 22.7. The van der Waals surface area contributed by atoms with Gasteiger partial charge in [-0.05, 0) is 0 Å². The Bertz CT molecular complexity index is 444. The molecule has 0 spiro atoms. The van der Waals surface area contributed by atoms with Crippen molar-refractivity contribution in [1.82, 2.24) is 4.98 Å². The molecule has 0 saturated carbocycles. The van der Waals surface area contributed by atoms with Gasteiger partial charge < -0.3 is 20.9 Å². The van der Waals surface area contributed by atoms with E-state index in [1.165, 1.54) is 0 Å². The maximum atomic E-state index is 11.0. The third-order valence-corrected chi connectivity index (χ3v) is 2.05. The Morgan fingerprint density at radius 1 is 1.56 bits per heavy atom. The molecule has 1 aromatic rings. The number of H-pyrrole nitrogens is 1. The molecule has 0 aliphatic heterocycles. The van der Waals surface area contributed by atoms with Gasteiger partial charge in [-0.25, -0.2) is 0 Å². The van der Waals surface area contributed by atoms with Gasteiger partial charge >= 0.3 is 11.2 Å². The molecule has 1 rings (SSSR count). The van der Waals surface area contributed by atoms with Gasteiger partial charge in [-0.15, -0.1) is 0 Å². The normalized spacial score (nSPS) is 14.4. The molecule has 0 amide bonds. The predicted molar refractivity (Wildman–Crippen MR) is 53.7 cm³/mol. The number of aliphatic hydroxyl groups excluding tert-OH is 2. The Morgan fingerprint density at radius 3 is 2.69 bits per heavy atom. The van der Waals surface area contributed by atoms with Crippen molar-refractivity contribution in [2.45, 2.75) is 12.2 Å². The van der Waals surface area contributed by atoms with Crippen molar-refractivity contribution >= 4 is 5.69 Å².